The zero-order valence-corrected chi connectivity index (χ0v) is 14.6. The van der Waals surface area contributed by atoms with Crippen LogP contribution in [0.15, 0.2) is 0 Å². The topological polar surface area (TPSA) is 12.0 Å². The number of nitrogens with one attached hydrogen (secondary N) is 1. The van der Waals surface area contributed by atoms with E-state index in [2.05, 4.69) is 33.0 Å². The number of alkyl halides is 3. The fraction of sp³-hybridized carbons (Fsp3) is 1.00. The van der Waals surface area contributed by atoms with Crippen LogP contribution in [0.1, 0.15) is 59.8 Å². The van der Waals surface area contributed by atoms with Gasteiger partial charge in [-0.25, -0.2) is 0 Å². The summed E-state index contributed by atoms with van der Waals surface area (Å²) in [6.45, 7) is 10.6. The van der Waals surface area contributed by atoms with Crippen LogP contribution in [-0.2, 0) is 0 Å². The number of thioether (sulfide) groups is 1. The molecule has 1 saturated carbocycles. The highest BCUT2D eigenvalue weighted by Gasteiger charge is 2.39. The first-order valence-corrected chi connectivity index (χ1v) is 8.98. The van der Waals surface area contributed by atoms with Crippen LogP contribution in [0.4, 0.5) is 13.2 Å². The molecular weight excluding hydrogens is 295 g/mol. The minimum atomic E-state index is -4.10. The van der Waals surface area contributed by atoms with Crippen LogP contribution < -0.4 is 5.32 Å². The van der Waals surface area contributed by atoms with Gasteiger partial charge in [0.05, 0.1) is 0 Å². The maximum absolute atomic E-state index is 12.4. The molecule has 0 atom stereocenters. The van der Waals surface area contributed by atoms with Crippen molar-refractivity contribution in [3.05, 3.63) is 0 Å². The van der Waals surface area contributed by atoms with Gasteiger partial charge in [-0.3, -0.25) is 0 Å². The molecule has 21 heavy (non-hydrogen) atoms. The van der Waals surface area contributed by atoms with Crippen molar-refractivity contribution in [2.24, 2.45) is 16.7 Å². The molecule has 0 aromatic rings. The zero-order chi connectivity index (χ0) is 16.1. The lowest BCUT2D eigenvalue weighted by molar-refractivity contribution is -0.0330. The van der Waals surface area contributed by atoms with Gasteiger partial charge in [-0.2, -0.15) is 13.2 Å². The van der Waals surface area contributed by atoms with Crippen LogP contribution in [0.25, 0.3) is 0 Å². The molecular formula is C16H30F3NS. The Bertz CT molecular complexity index is 296. The van der Waals surface area contributed by atoms with Crippen LogP contribution in [0.5, 0.6) is 0 Å². The quantitative estimate of drug-likeness (QED) is 0.696. The molecule has 1 aliphatic rings. The number of rotatable bonds is 6. The maximum Gasteiger partial charge on any atom is 0.441 e. The fourth-order valence-corrected chi connectivity index (χ4v) is 4.15. The second kappa shape index (κ2) is 7.58. The first kappa shape index (κ1) is 19.1. The summed E-state index contributed by atoms with van der Waals surface area (Å²) >= 11 is 0.138. The van der Waals surface area contributed by atoms with E-state index in [4.69, 9.17) is 0 Å². The van der Waals surface area contributed by atoms with Crippen LogP contribution in [0.2, 0.25) is 0 Å². The van der Waals surface area contributed by atoms with Gasteiger partial charge in [-0.05, 0) is 55.4 Å². The van der Waals surface area contributed by atoms with Gasteiger partial charge >= 0.3 is 5.51 Å². The van der Waals surface area contributed by atoms with Gasteiger partial charge in [0.2, 0.25) is 0 Å². The highest BCUT2D eigenvalue weighted by atomic mass is 32.2. The summed E-state index contributed by atoms with van der Waals surface area (Å²) in [5.41, 5.74) is -3.72. The van der Waals surface area contributed by atoms with Crippen molar-refractivity contribution in [1.82, 2.24) is 5.32 Å². The smallest absolute Gasteiger partial charge is 0.316 e. The maximum atomic E-state index is 12.4. The van der Waals surface area contributed by atoms with Crippen LogP contribution in [0, 0.1) is 16.7 Å². The number of hydrogen-bond acceptors (Lipinski definition) is 2. The first-order valence-electron chi connectivity index (χ1n) is 7.99. The van der Waals surface area contributed by atoms with E-state index in [9.17, 15) is 13.2 Å². The Morgan fingerprint density at radius 3 is 2.14 bits per heavy atom. The third-order valence-corrected chi connectivity index (χ3v) is 5.65. The molecule has 0 bridgehead atoms. The van der Waals surface area contributed by atoms with Gasteiger partial charge in [0, 0.05) is 12.3 Å². The van der Waals surface area contributed by atoms with Gasteiger partial charge in [-0.15, -0.1) is 0 Å². The Morgan fingerprint density at radius 2 is 1.71 bits per heavy atom. The summed E-state index contributed by atoms with van der Waals surface area (Å²) in [7, 11) is 0. The molecule has 0 heterocycles. The highest BCUT2D eigenvalue weighted by Crippen LogP contribution is 2.47. The molecule has 1 aliphatic carbocycles. The molecule has 1 fully saturated rings. The molecule has 0 amide bonds. The van der Waals surface area contributed by atoms with Crippen LogP contribution in [-0.4, -0.2) is 24.4 Å². The Labute approximate surface area is 131 Å². The van der Waals surface area contributed by atoms with Crippen molar-refractivity contribution in [1.29, 1.82) is 0 Å². The van der Waals surface area contributed by atoms with Gasteiger partial charge in [0.15, 0.2) is 0 Å². The Kier molecular flexibility index (Phi) is 6.91. The molecule has 0 radical (unpaired) electrons. The standard InChI is InChI=1S/C16H30F3NS/c1-5-20-12-15(10-11-21-16(17,18)19)8-6-13(7-9-15)14(2,3)4/h13,20H,5-12H2,1-4H3. The summed E-state index contributed by atoms with van der Waals surface area (Å²) in [5.74, 6) is 0.886. The van der Waals surface area contributed by atoms with E-state index in [1.165, 1.54) is 0 Å². The van der Waals surface area contributed by atoms with E-state index in [0.29, 0.717) is 17.8 Å². The number of halogens is 3. The molecule has 1 rings (SSSR count). The van der Waals surface area contributed by atoms with Crippen molar-refractivity contribution in [3.8, 4) is 0 Å². The average Bonchev–Trinajstić information content (AvgIpc) is 2.34. The van der Waals surface area contributed by atoms with E-state index in [1.807, 2.05) is 0 Å². The monoisotopic (exact) mass is 325 g/mol. The van der Waals surface area contributed by atoms with Gasteiger partial charge in [-0.1, -0.05) is 39.5 Å². The summed E-state index contributed by atoms with van der Waals surface area (Å²) in [6, 6.07) is 0. The van der Waals surface area contributed by atoms with Crippen molar-refractivity contribution in [3.63, 3.8) is 0 Å². The SMILES string of the molecule is CCNCC1(CCSC(F)(F)F)CCC(C(C)(C)C)CC1. The molecule has 5 heteroatoms. The fourth-order valence-electron chi connectivity index (χ4n) is 3.38. The van der Waals surface area contributed by atoms with E-state index < -0.39 is 5.51 Å². The summed E-state index contributed by atoms with van der Waals surface area (Å²) in [5, 5.41) is 3.37. The average molecular weight is 325 g/mol. The number of hydrogen-bond donors (Lipinski definition) is 1. The van der Waals surface area contributed by atoms with E-state index in [0.717, 1.165) is 38.8 Å². The molecule has 126 valence electrons. The van der Waals surface area contributed by atoms with Gasteiger partial charge in [0.25, 0.3) is 0 Å². The molecule has 0 spiro atoms. The zero-order valence-electron chi connectivity index (χ0n) is 13.8. The molecule has 1 nitrogen and oxygen atoms in total. The third-order valence-electron chi connectivity index (χ3n) is 4.92. The summed E-state index contributed by atoms with van der Waals surface area (Å²) < 4.78 is 37.1. The third kappa shape index (κ3) is 6.81. The molecule has 0 aliphatic heterocycles. The second-order valence-electron chi connectivity index (χ2n) is 7.46. The predicted octanol–water partition coefficient (Wildman–Crippen LogP) is 5.46. The molecule has 0 aromatic carbocycles. The summed E-state index contributed by atoms with van der Waals surface area (Å²) in [4.78, 5) is 0. The molecule has 0 saturated heterocycles. The Morgan fingerprint density at radius 1 is 1.14 bits per heavy atom. The molecule has 1 N–H and O–H groups in total. The van der Waals surface area contributed by atoms with E-state index >= 15 is 0 Å². The van der Waals surface area contributed by atoms with Crippen LogP contribution >= 0.6 is 11.8 Å². The van der Waals surface area contributed by atoms with Crippen molar-refractivity contribution < 1.29 is 13.2 Å². The summed E-state index contributed by atoms with van der Waals surface area (Å²) in [6.07, 6.45) is 5.07. The highest BCUT2D eigenvalue weighted by molar-refractivity contribution is 8.00. The lowest BCUT2D eigenvalue weighted by Crippen LogP contribution is -2.40. The van der Waals surface area contributed by atoms with Gasteiger partial charge in [0.1, 0.15) is 0 Å². The van der Waals surface area contributed by atoms with Crippen molar-refractivity contribution in [2.45, 2.75) is 65.3 Å². The van der Waals surface area contributed by atoms with E-state index in [-0.39, 0.29) is 22.9 Å². The minimum absolute atomic E-state index is 0.0655. The van der Waals surface area contributed by atoms with Crippen molar-refractivity contribution >= 4 is 11.8 Å². The van der Waals surface area contributed by atoms with Gasteiger partial charge < -0.3 is 5.32 Å². The second-order valence-corrected chi connectivity index (χ2v) is 8.62. The van der Waals surface area contributed by atoms with Crippen molar-refractivity contribution in [2.75, 3.05) is 18.8 Å². The van der Waals surface area contributed by atoms with E-state index in [1.54, 1.807) is 0 Å². The van der Waals surface area contributed by atoms with Crippen LogP contribution in [0.3, 0.4) is 0 Å². The Balaban J connectivity index is 2.56. The lowest BCUT2D eigenvalue weighted by Gasteiger charge is -2.44. The molecule has 0 unspecified atom stereocenters. The predicted molar refractivity (Wildman–Crippen MR) is 85.5 cm³/mol. The largest absolute Gasteiger partial charge is 0.441 e. The normalized spacial score (nSPS) is 27.9. The first-order chi connectivity index (χ1) is 9.58. The lowest BCUT2D eigenvalue weighted by atomic mass is 9.63. The minimum Gasteiger partial charge on any atom is -0.316 e. The molecule has 0 aromatic heterocycles. The Hall–Kier alpha value is 0.100.